The van der Waals surface area contributed by atoms with Crippen LogP contribution < -0.4 is 9.64 Å². The van der Waals surface area contributed by atoms with Gasteiger partial charge in [0.25, 0.3) is 0 Å². The third kappa shape index (κ3) is 3.29. The van der Waals surface area contributed by atoms with Gasteiger partial charge >= 0.3 is 5.97 Å². The number of carboxylic acids is 1. The first-order chi connectivity index (χ1) is 13.2. The molecule has 0 saturated heterocycles. The van der Waals surface area contributed by atoms with E-state index in [9.17, 15) is 9.90 Å². The van der Waals surface area contributed by atoms with Gasteiger partial charge in [0.05, 0.1) is 16.9 Å². The van der Waals surface area contributed by atoms with Crippen molar-refractivity contribution in [3.63, 3.8) is 0 Å². The average molecular weight is 375 g/mol. The van der Waals surface area contributed by atoms with Gasteiger partial charge < -0.3 is 14.7 Å². The van der Waals surface area contributed by atoms with Crippen LogP contribution in [0.5, 0.6) is 5.75 Å². The van der Waals surface area contributed by atoms with E-state index in [0.29, 0.717) is 11.3 Å². The number of fused-ring (bicyclic) bond motifs is 2. The molecular formula is C22H17NO3S. The maximum Gasteiger partial charge on any atom is 0.336 e. The number of ether oxygens (including phenoxy) is 1. The molecule has 3 aromatic carbocycles. The Morgan fingerprint density at radius 1 is 1.04 bits per heavy atom. The summed E-state index contributed by atoms with van der Waals surface area (Å²) in [5.74, 6) is -0.494. The number of aromatic carboxylic acids is 1. The van der Waals surface area contributed by atoms with Gasteiger partial charge in [-0.15, -0.1) is 0 Å². The summed E-state index contributed by atoms with van der Waals surface area (Å²) in [6.07, 6.45) is 1.53. The van der Waals surface area contributed by atoms with Crippen molar-refractivity contribution in [3.8, 4) is 5.75 Å². The first-order valence-electron chi connectivity index (χ1n) is 8.43. The van der Waals surface area contributed by atoms with Crippen LogP contribution >= 0.6 is 11.8 Å². The molecule has 134 valence electrons. The van der Waals surface area contributed by atoms with Crippen LogP contribution in [0.1, 0.15) is 15.9 Å². The van der Waals surface area contributed by atoms with Crippen LogP contribution in [-0.4, -0.2) is 17.8 Å². The molecule has 27 heavy (non-hydrogen) atoms. The first-order valence-corrected chi connectivity index (χ1v) is 9.25. The molecule has 0 spiro atoms. The largest absolute Gasteiger partial charge is 0.478 e. The summed E-state index contributed by atoms with van der Waals surface area (Å²) in [6.45, 7) is 3.94. The van der Waals surface area contributed by atoms with Gasteiger partial charge in [0.15, 0.2) is 6.73 Å². The average Bonchev–Trinajstić information content (AvgIpc) is 2.70. The number of carbonyl (C=O) groups is 1. The molecule has 0 aliphatic carbocycles. The molecule has 0 unspecified atom stereocenters. The normalized spacial score (nSPS) is 12.1. The van der Waals surface area contributed by atoms with Crippen LogP contribution in [0, 0.1) is 0 Å². The van der Waals surface area contributed by atoms with E-state index in [1.165, 1.54) is 12.1 Å². The Bertz CT molecular complexity index is 986. The third-order valence-electron chi connectivity index (χ3n) is 4.37. The summed E-state index contributed by atoms with van der Waals surface area (Å²) in [5, 5.41) is 9.38. The lowest BCUT2D eigenvalue weighted by Gasteiger charge is -2.32. The van der Waals surface area contributed by atoms with Gasteiger partial charge in [-0.2, -0.15) is 0 Å². The number of hydrogen-bond donors (Lipinski definition) is 1. The summed E-state index contributed by atoms with van der Waals surface area (Å²) >= 11 is 1.73. The van der Waals surface area contributed by atoms with E-state index >= 15 is 0 Å². The fourth-order valence-corrected chi connectivity index (χ4v) is 4.14. The number of hydrogen-bond acceptors (Lipinski definition) is 4. The van der Waals surface area contributed by atoms with Gasteiger partial charge in [0.1, 0.15) is 5.75 Å². The van der Waals surface area contributed by atoms with Crippen molar-refractivity contribution in [2.75, 3.05) is 11.6 Å². The molecule has 0 atom stereocenters. The zero-order valence-electron chi connectivity index (χ0n) is 14.5. The monoisotopic (exact) mass is 375 g/mol. The van der Waals surface area contributed by atoms with Gasteiger partial charge in [-0.3, -0.25) is 0 Å². The second-order valence-electron chi connectivity index (χ2n) is 6.00. The number of benzene rings is 3. The van der Waals surface area contributed by atoms with Crippen molar-refractivity contribution in [2.45, 2.75) is 9.79 Å². The minimum atomic E-state index is -1.000. The molecule has 4 rings (SSSR count). The summed E-state index contributed by atoms with van der Waals surface area (Å²) < 4.78 is 5.97. The van der Waals surface area contributed by atoms with E-state index in [-0.39, 0.29) is 12.3 Å². The lowest BCUT2D eigenvalue weighted by atomic mass is 10.1. The van der Waals surface area contributed by atoms with Crippen LogP contribution in [0.4, 0.5) is 11.4 Å². The number of rotatable bonds is 5. The zero-order chi connectivity index (χ0) is 18.8. The number of anilines is 2. The second-order valence-corrected chi connectivity index (χ2v) is 7.08. The zero-order valence-corrected chi connectivity index (χ0v) is 15.3. The van der Waals surface area contributed by atoms with Crippen molar-refractivity contribution >= 4 is 35.2 Å². The molecule has 0 saturated carbocycles. The molecule has 1 N–H and O–H groups in total. The maximum atomic E-state index is 11.4. The summed E-state index contributed by atoms with van der Waals surface area (Å²) in [5.41, 5.74) is 2.89. The number of nitrogens with zero attached hydrogens (tertiary/aromatic N) is 1. The first kappa shape index (κ1) is 17.2. The molecule has 0 fully saturated rings. The molecule has 1 heterocycles. The highest BCUT2D eigenvalue weighted by atomic mass is 32.2. The SMILES string of the molecule is C=Cc1ccc(OCN2c3ccccc3Sc3ccccc32)cc1C(=O)O. The predicted molar refractivity (Wildman–Crippen MR) is 108 cm³/mol. The highest BCUT2D eigenvalue weighted by Crippen LogP contribution is 2.47. The molecule has 1 aliphatic heterocycles. The number of carboxylic acid groups (broad SMARTS) is 1. The molecular weight excluding hydrogens is 358 g/mol. The van der Waals surface area contributed by atoms with Gasteiger partial charge in [-0.1, -0.05) is 54.7 Å². The Labute approximate surface area is 161 Å². The molecule has 0 amide bonds. The van der Waals surface area contributed by atoms with E-state index in [1.54, 1.807) is 23.9 Å². The molecule has 1 aliphatic rings. The molecule has 0 aromatic heterocycles. The second kappa shape index (κ2) is 7.21. The Morgan fingerprint density at radius 3 is 2.26 bits per heavy atom. The molecule has 0 radical (unpaired) electrons. The molecule has 0 bridgehead atoms. The Hall–Kier alpha value is -3.18. The fraction of sp³-hybridized carbons (Fsp3) is 0.0455. The summed E-state index contributed by atoms with van der Waals surface area (Å²) in [6, 6.07) is 21.3. The lowest BCUT2D eigenvalue weighted by Crippen LogP contribution is -2.25. The van der Waals surface area contributed by atoms with E-state index < -0.39 is 5.97 Å². The lowest BCUT2D eigenvalue weighted by molar-refractivity contribution is 0.0696. The van der Waals surface area contributed by atoms with E-state index in [0.717, 1.165) is 21.2 Å². The van der Waals surface area contributed by atoms with Crippen molar-refractivity contribution in [2.24, 2.45) is 0 Å². The molecule has 5 heteroatoms. The van der Waals surface area contributed by atoms with Crippen LogP contribution in [0.15, 0.2) is 83.1 Å². The Balaban J connectivity index is 1.65. The highest BCUT2D eigenvalue weighted by molar-refractivity contribution is 7.99. The van der Waals surface area contributed by atoms with Crippen LogP contribution in [-0.2, 0) is 0 Å². The topological polar surface area (TPSA) is 49.8 Å². The van der Waals surface area contributed by atoms with Crippen molar-refractivity contribution in [1.29, 1.82) is 0 Å². The van der Waals surface area contributed by atoms with E-state index in [2.05, 4.69) is 35.7 Å². The third-order valence-corrected chi connectivity index (χ3v) is 5.50. The van der Waals surface area contributed by atoms with Crippen LogP contribution in [0.25, 0.3) is 6.08 Å². The minimum Gasteiger partial charge on any atom is -0.478 e. The molecule has 3 aromatic rings. The van der Waals surface area contributed by atoms with Gasteiger partial charge in [0.2, 0.25) is 0 Å². The van der Waals surface area contributed by atoms with Gasteiger partial charge in [-0.05, 0) is 42.0 Å². The van der Waals surface area contributed by atoms with E-state index in [4.69, 9.17) is 4.74 Å². The van der Waals surface area contributed by atoms with Crippen molar-refractivity contribution < 1.29 is 14.6 Å². The smallest absolute Gasteiger partial charge is 0.336 e. The van der Waals surface area contributed by atoms with Gasteiger partial charge in [0, 0.05) is 9.79 Å². The number of para-hydroxylation sites is 2. The van der Waals surface area contributed by atoms with Gasteiger partial charge in [-0.25, -0.2) is 4.79 Å². The highest BCUT2D eigenvalue weighted by Gasteiger charge is 2.23. The fourth-order valence-electron chi connectivity index (χ4n) is 3.05. The summed E-state index contributed by atoms with van der Waals surface area (Å²) in [4.78, 5) is 15.9. The van der Waals surface area contributed by atoms with Crippen molar-refractivity contribution in [3.05, 3.63) is 84.4 Å². The summed E-state index contributed by atoms with van der Waals surface area (Å²) in [7, 11) is 0. The van der Waals surface area contributed by atoms with Crippen LogP contribution in [0.3, 0.4) is 0 Å². The predicted octanol–water partition coefficient (Wildman–Crippen LogP) is 5.67. The standard InChI is InChI=1S/C22H17NO3S/c1-2-15-11-12-16(13-17(15)22(24)25)26-14-23-18-7-3-5-9-20(18)27-21-10-6-4-8-19(21)23/h2-13H,1,14H2,(H,24,25). The molecule has 4 nitrogen and oxygen atoms in total. The van der Waals surface area contributed by atoms with E-state index in [1.807, 2.05) is 24.3 Å². The van der Waals surface area contributed by atoms with Crippen LogP contribution in [0.2, 0.25) is 0 Å². The van der Waals surface area contributed by atoms with Crippen molar-refractivity contribution in [1.82, 2.24) is 0 Å². The Morgan fingerprint density at radius 2 is 1.67 bits per heavy atom. The Kier molecular flexibility index (Phi) is 4.60. The minimum absolute atomic E-state index is 0.178. The maximum absolute atomic E-state index is 11.4. The quantitative estimate of drug-likeness (QED) is 0.623.